The van der Waals surface area contributed by atoms with Crippen molar-refractivity contribution >= 4 is 5.69 Å². The van der Waals surface area contributed by atoms with Crippen LogP contribution in [0.4, 0.5) is 10.1 Å². The number of nitrogens with zero attached hydrogens (tertiary/aromatic N) is 3. The molecule has 150 valence electrons. The highest BCUT2D eigenvalue weighted by Gasteiger charge is 2.26. The highest BCUT2D eigenvalue weighted by Crippen LogP contribution is 2.41. The monoisotopic (exact) mass is 395 g/mol. The average Bonchev–Trinajstić information content (AvgIpc) is 2.73. The second kappa shape index (κ2) is 7.24. The van der Waals surface area contributed by atoms with E-state index in [4.69, 9.17) is 9.47 Å². The number of fused-ring (bicyclic) bond motifs is 3. The minimum atomic E-state index is -0.331. The van der Waals surface area contributed by atoms with E-state index in [0.29, 0.717) is 29.2 Å². The van der Waals surface area contributed by atoms with E-state index in [1.54, 1.807) is 38.0 Å². The molecule has 2 aromatic carbocycles. The van der Waals surface area contributed by atoms with Gasteiger partial charge in [0.1, 0.15) is 11.3 Å². The van der Waals surface area contributed by atoms with Gasteiger partial charge in [-0.05, 0) is 42.0 Å². The number of rotatable bonds is 3. The molecular weight excluding hydrogens is 373 g/mol. The Hall–Kier alpha value is -3.35. The molecule has 7 heteroatoms. The van der Waals surface area contributed by atoms with E-state index in [1.165, 1.54) is 16.7 Å². The molecule has 0 spiro atoms. The molecule has 0 fully saturated rings. The molecule has 1 aromatic heterocycles. The van der Waals surface area contributed by atoms with Gasteiger partial charge < -0.3 is 9.47 Å². The van der Waals surface area contributed by atoms with Crippen LogP contribution in [0.15, 0.2) is 52.3 Å². The van der Waals surface area contributed by atoms with E-state index in [2.05, 4.69) is 11.9 Å². The Morgan fingerprint density at radius 3 is 2.38 bits per heavy atom. The van der Waals surface area contributed by atoms with Crippen molar-refractivity contribution in [3.63, 3.8) is 0 Å². The fourth-order valence-corrected chi connectivity index (χ4v) is 3.73. The first-order chi connectivity index (χ1) is 13.9. The smallest absolute Gasteiger partial charge is 0.329 e. The van der Waals surface area contributed by atoms with Crippen molar-refractivity contribution in [1.29, 1.82) is 0 Å². The lowest BCUT2D eigenvalue weighted by atomic mass is 9.89. The third-order valence-corrected chi connectivity index (χ3v) is 5.31. The Balaban J connectivity index is 1.98. The van der Waals surface area contributed by atoms with Crippen LogP contribution >= 0.6 is 0 Å². The van der Waals surface area contributed by atoms with Crippen molar-refractivity contribution in [2.24, 2.45) is 12.0 Å². The quantitative estimate of drug-likeness (QED) is 0.683. The van der Waals surface area contributed by atoms with E-state index >= 15 is 0 Å². The van der Waals surface area contributed by atoms with Crippen LogP contribution in [0.5, 0.6) is 11.5 Å². The summed E-state index contributed by atoms with van der Waals surface area (Å²) < 4.78 is 27.4. The highest BCUT2D eigenvalue weighted by molar-refractivity contribution is 5.71. The van der Waals surface area contributed by atoms with Crippen LogP contribution in [0.25, 0.3) is 11.3 Å². The van der Waals surface area contributed by atoms with Crippen LogP contribution in [0.1, 0.15) is 18.4 Å². The topological polar surface area (TPSA) is 57.8 Å². The number of ether oxygens (including phenoxy) is 2. The zero-order valence-corrected chi connectivity index (χ0v) is 16.8. The molecule has 6 nitrogen and oxygen atoms in total. The van der Waals surface area contributed by atoms with Gasteiger partial charge in [-0.1, -0.05) is 6.92 Å². The maximum atomic E-state index is 13.2. The van der Waals surface area contributed by atoms with Crippen LogP contribution in [0, 0.1) is 5.82 Å². The molecule has 0 saturated heterocycles. The number of methoxy groups -OCH3 is 2. The van der Waals surface area contributed by atoms with Crippen LogP contribution in [0.3, 0.4) is 0 Å². The van der Waals surface area contributed by atoms with Gasteiger partial charge in [-0.15, -0.1) is 0 Å². The molecule has 0 radical (unpaired) electrons. The average molecular weight is 395 g/mol. The Kier molecular flexibility index (Phi) is 4.74. The van der Waals surface area contributed by atoms with Crippen molar-refractivity contribution in [1.82, 2.24) is 9.13 Å². The van der Waals surface area contributed by atoms with Gasteiger partial charge in [0.15, 0.2) is 11.5 Å². The van der Waals surface area contributed by atoms with Crippen LogP contribution in [-0.4, -0.2) is 23.4 Å². The number of halogens is 1. The molecule has 3 aromatic rings. The SMILES string of the molecule is COc1cc2c(cc1OC)C(C)Cn1c-2c/c(=N/c2ccc(F)cc2)n(C)c1=O. The van der Waals surface area contributed by atoms with Gasteiger partial charge in [0.25, 0.3) is 0 Å². The summed E-state index contributed by atoms with van der Waals surface area (Å²) in [6.07, 6.45) is 0. The number of hydrogen-bond donors (Lipinski definition) is 0. The van der Waals surface area contributed by atoms with Crippen molar-refractivity contribution in [3.05, 3.63) is 69.8 Å². The first-order valence-electron chi connectivity index (χ1n) is 9.30. The van der Waals surface area contributed by atoms with E-state index < -0.39 is 0 Å². The van der Waals surface area contributed by atoms with Gasteiger partial charge in [0, 0.05) is 31.1 Å². The first kappa shape index (κ1) is 19.0. The Morgan fingerprint density at radius 1 is 1.07 bits per heavy atom. The number of aromatic nitrogens is 2. The minimum absolute atomic E-state index is 0.134. The second-order valence-corrected chi connectivity index (χ2v) is 7.12. The fraction of sp³-hybridized carbons (Fsp3) is 0.273. The predicted octanol–water partition coefficient (Wildman–Crippen LogP) is 3.36. The van der Waals surface area contributed by atoms with Gasteiger partial charge in [0.2, 0.25) is 0 Å². The minimum Gasteiger partial charge on any atom is -0.493 e. The molecule has 0 bridgehead atoms. The lowest BCUT2D eigenvalue weighted by Crippen LogP contribution is -2.41. The van der Waals surface area contributed by atoms with Crippen LogP contribution in [0.2, 0.25) is 0 Å². The molecular formula is C22H22FN3O3. The summed E-state index contributed by atoms with van der Waals surface area (Å²) in [6.45, 7) is 2.64. The van der Waals surface area contributed by atoms with Gasteiger partial charge in [-0.2, -0.15) is 0 Å². The molecule has 0 amide bonds. The van der Waals surface area contributed by atoms with Crippen molar-refractivity contribution in [3.8, 4) is 22.8 Å². The molecule has 0 N–H and O–H groups in total. The molecule has 4 rings (SSSR count). The zero-order valence-electron chi connectivity index (χ0n) is 16.8. The first-order valence-corrected chi connectivity index (χ1v) is 9.30. The summed E-state index contributed by atoms with van der Waals surface area (Å²) >= 11 is 0. The Morgan fingerprint density at radius 2 is 1.72 bits per heavy atom. The maximum Gasteiger partial charge on any atom is 0.329 e. The molecule has 1 atom stereocenters. The Labute approximate surface area is 167 Å². The molecule has 0 aliphatic carbocycles. The number of hydrogen-bond acceptors (Lipinski definition) is 4. The van der Waals surface area contributed by atoms with E-state index in [1.807, 2.05) is 18.2 Å². The fourth-order valence-electron chi connectivity index (χ4n) is 3.73. The third-order valence-electron chi connectivity index (χ3n) is 5.31. The molecule has 1 unspecified atom stereocenters. The van der Waals surface area contributed by atoms with E-state index in [9.17, 15) is 9.18 Å². The summed E-state index contributed by atoms with van der Waals surface area (Å²) in [4.78, 5) is 17.6. The second-order valence-electron chi connectivity index (χ2n) is 7.12. The molecule has 29 heavy (non-hydrogen) atoms. The summed E-state index contributed by atoms with van der Waals surface area (Å²) in [6, 6.07) is 11.6. The molecule has 2 heterocycles. The van der Waals surface area contributed by atoms with E-state index in [-0.39, 0.29) is 17.4 Å². The molecule has 1 aliphatic heterocycles. The molecule has 0 saturated carbocycles. The van der Waals surface area contributed by atoms with Gasteiger partial charge in [0.05, 0.1) is 25.6 Å². The normalized spacial score (nSPS) is 15.6. The Bertz CT molecular complexity index is 1210. The van der Waals surface area contributed by atoms with Crippen LogP contribution < -0.4 is 20.7 Å². The lowest BCUT2D eigenvalue weighted by molar-refractivity contribution is 0.354. The zero-order chi connectivity index (χ0) is 20.7. The van der Waals surface area contributed by atoms with Gasteiger partial charge >= 0.3 is 5.69 Å². The maximum absolute atomic E-state index is 13.2. The lowest BCUT2D eigenvalue weighted by Gasteiger charge is -2.28. The third kappa shape index (κ3) is 3.22. The summed E-state index contributed by atoms with van der Waals surface area (Å²) in [7, 11) is 4.88. The summed E-state index contributed by atoms with van der Waals surface area (Å²) in [5.74, 6) is 1.06. The van der Waals surface area contributed by atoms with E-state index in [0.717, 1.165) is 16.8 Å². The van der Waals surface area contributed by atoms with Crippen molar-refractivity contribution in [2.75, 3.05) is 14.2 Å². The molecule has 1 aliphatic rings. The van der Waals surface area contributed by atoms with Crippen molar-refractivity contribution < 1.29 is 13.9 Å². The summed E-state index contributed by atoms with van der Waals surface area (Å²) in [5, 5.41) is 0. The van der Waals surface area contributed by atoms with Gasteiger partial charge in [-0.3, -0.25) is 9.13 Å². The van der Waals surface area contributed by atoms with Crippen molar-refractivity contribution in [2.45, 2.75) is 19.4 Å². The highest BCUT2D eigenvalue weighted by atomic mass is 19.1. The summed E-state index contributed by atoms with van der Waals surface area (Å²) in [5.41, 5.74) is 3.67. The standard InChI is InChI=1S/C22H22FN3O3/c1-13-12-26-18(17-10-20(29-4)19(28-3)9-16(13)17)11-21(25(2)22(26)27)24-15-7-5-14(23)6-8-15/h5-11,13H,12H2,1-4H3/b24-21-. The predicted molar refractivity (Wildman–Crippen MR) is 108 cm³/mol. The van der Waals surface area contributed by atoms with Gasteiger partial charge in [-0.25, -0.2) is 14.2 Å². The largest absolute Gasteiger partial charge is 0.493 e. The number of benzene rings is 2. The van der Waals surface area contributed by atoms with Crippen LogP contribution in [-0.2, 0) is 13.6 Å².